The molecule has 0 unspecified atom stereocenters. The molecular weight excluding hydrogens is 286 g/mol. The molecule has 108 valence electrons. The summed E-state index contributed by atoms with van der Waals surface area (Å²) in [4.78, 5) is 12.3. The third kappa shape index (κ3) is 3.31. The molecule has 0 aromatic heterocycles. The van der Waals surface area contributed by atoms with Crippen molar-refractivity contribution in [1.82, 2.24) is 0 Å². The van der Waals surface area contributed by atoms with Gasteiger partial charge in [0, 0.05) is 10.6 Å². The summed E-state index contributed by atoms with van der Waals surface area (Å²) in [5.74, 6) is 2.35. The van der Waals surface area contributed by atoms with Crippen LogP contribution in [0.4, 0.5) is 5.69 Å². The van der Waals surface area contributed by atoms with E-state index in [-0.39, 0.29) is 12.5 Å². The van der Waals surface area contributed by atoms with E-state index in [0.29, 0.717) is 0 Å². The smallest absolute Gasteiger partial charge is 0.262 e. The van der Waals surface area contributed by atoms with E-state index in [2.05, 4.69) is 17.4 Å². The van der Waals surface area contributed by atoms with Crippen LogP contribution in [0.1, 0.15) is 5.56 Å². The Morgan fingerprint density at radius 1 is 1.24 bits per heavy atom. The van der Waals surface area contributed by atoms with Crippen LogP contribution < -0.4 is 14.8 Å². The van der Waals surface area contributed by atoms with Gasteiger partial charge in [-0.25, -0.2) is 0 Å². The molecule has 3 rings (SSSR count). The molecule has 0 saturated heterocycles. The van der Waals surface area contributed by atoms with Crippen LogP contribution in [-0.4, -0.2) is 19.6 Å². The van der Waals surface area contributed by atoms with Gasteiger partial charge in [0.2, 0.25) is 0 Å². The third-order valence-corrected chi connectivity index (χ3v) is 4.22. The van der Waals surface area contributed by atoms with Crippen LogP contribution in [-0.2, 0) is 10.5 Å². The molecule has 2 aromatic rings. The molecule has 0 saturated carbocycles. The minimum Gasteiger partial charge on any atom is -0.497 e. The number of benzene rings is 2. The fraction of sp³-hybridized carbons (Fsp3) is 0.188. The first-order valence-electron chi connectivity index (χ1n) is 6.57. The summed E-state index contributed by atoms with van der Waals surface area (Å²) < 4.78 is 10.6. The standard InChI is InChI=1S/C16H15NO3S/c1-19-12-4-2-11(3-5-12)10-21-13-6-7-14-15(8-13)20-9-16(18)17-14/h2-8H,9-10H2,1H3,(H,17,18). The van der Waals surface area contributed by atoms with Crippen molar-refractivity contribution in [3.8, 4) is 11.5 Å². The van der Waals surface area contributed by atoms with E-state index in [1.54, 1.807) is 18.9 Å². The normalized spacial score (nSPS) is 13.1. The SMILES string of the molecule is COc1ccc(CSc2ccc3c(c2)OCC(=O)N3)cc1. The molecule has 0 fully saturated rings. The Bertz CT molecular complexity index is 655. The molecule has 1 amide bonds. The lowest BCUT2D eigenvalue weighted by atomic mass is 10.2. The number of nitrogens with one attached hydrogen (secondary N) is 1. The van der Waals surface area contributed by atoms with Crippen molar-refractivity contribution in [2.45, 2.75) is 10.6 Å². The number of hydrogen-bond acceptors (Lipinski definition) is 4. The van der Waals surface area contributed by atoms with Crippen LogP contribution in [0.5, 0.6) is 11.5 Å². The first kappa shape index (κ1) is 13.8. The Labute approximate surface area is 127 Å². The summed E-state index contributed by atoms with van der Waals surface area (Å²) in [6.45, 7) is 0.0829. The van der Waals surface area contributed by atoms with Crippen molar-refractivity contribution in [3.05, 3.63) is 48.0 Å². The minimum atomic E-state index is -0.110. The Morgan fingerprint density at radius 3 is 2.81 bits per heavy atom. The molecule has 1 aliphatic heterocycles. The summed E-state index contributed by atoms with van der Waals surface area (Å²) >= 11 is 1.73. The number of carbonyl (C=O) groups is 1. The van der Waals surface area contributed by atoms with Gasteiger partial charge in [-0.1, -0.05) is 12.1 Å². The van der Waals surface area contributed by atoms with E-state index in [4.69, 9.17) is 9.47 Å². The molecule has 1 aliphatic rings. The zero-order valence-electron chi connectivity index (χ0n) is 11.6. The van der Waals surface area contributed by atoms with E-state index in [9.17, 15) is 4.79 Å². The Hall–Kier alpha value is -2.14. The highest BCUT2D eigenvalue weighted by molar-refractivity contribution is 7.98. The number of anilines is 1. The maximum atomic E-state index is 11.2. The zero-order chi connectivity index (χ0) is 14.7. The highest BCUT2D eigenvalue weighted by Crippen LogP contribution is 2.33. The van der Waals surface area contributed by atoms with Crippen LogP contribution in [0.15, 0.2) is 47.4 Å². The number of amides is 1. The maximum Gasteiger partial charge on any atom is 0.262 e. The van der Waals surface area contributed by atoms with Gasteiger partial charge in [0.05, 0.1) is 12.8 Å². The number of ether oxygens (including phenoxy) is 2. The average molecular weight is 301 g/mol. The monoisotopic (exact) mass is 301 g/mol. The predicted octanol–water partition coefficient (Wildman–Crippen LogP) is 3.32. The van der Waals surface area contributed by atoms with E-state index in [1.807, 2.05) is 30.3 Å². The molecule has 0 bridgehead atoms. The molecule has 21 heavy (non-hydrogen) atoms. The van der Waals surface area contributed by atoms with Crippen LogP contribution in [0, 0.1) is 0 Å². The number of rotatable bonds is 4. The second-order valence-corrected chi connectivity index (χ2v) is 5.68. The highest BCUT2D eigenvalue weighted by Gasteiger charge is 2.15. The number of fused-ring (bicyclic) bond motifs is 1. The first-order valence-corrected chi connectivity index (χ1v) is 7.55. The van der Waals surface area contributed by atoms with Crippen molar-refractivity contribution in [2.24, 2.45) is 0 Å². The summed E-state index contributed by atoms with van der Waals surface area (Å²) in [7, 11) is 1.66. The first-order chi connectivity index (χ1) is 10.2. The zero-order valence-corrected chi connectivity index (χ0v) is 12.4. The summed E-state index contributed by atoms with van der Waals surface area (Å²) in [5, 5.41) is 2.79. The van der Waals surface area contributed by atoms with Crippen LogP contribution in [0.3, 0.4) is 0 Å². The molecule has 0 radical (unpaired) electrons. The largest absolute Gasteiger partial charge is 0.497 e. The molecular formula is C16H15NO3S. The summed E-state index contributed by atoms with van der Waals surface area (Å²) in [6.07, 6.45) is 0. The lowest BCUT2D eigenvalue weighted by Crippen LogP contribution is -2.25. The van der Waals surface area contributed by atoms with Crippen molar-refractivity contribution in [3.63, 3.8) is 0 Å². The topological polar surface area (TPSA) is 47.6 Å². The minimum absolute atomic E-state index is 0.0829. The Balaban J connectivity index is 1.66. The molecule has 1 N–H and O–H groups in total. The van der Waals surface area contributed by atoms with Gasteiger partial charge in [-0.3, -0.25) is 4.79 Å². The second-order valence-electron chi connectivity index (χ2n) is 4.63. The van der Waals surface area contributed by atoms with Crippen molar-refractivity contribution < 1.29 is 14.3 Å². The highest BCUT2D eigenvalue weighted by atomic mass is 32.2. The van der Waals surface area contributed by atoms with Gasteiger partial charge in [-0.05, 0) is 35.9 Å². The van der Waals surface area contributed by atoms with Crippen molar-refractivity contribution in [1.29, 1.82) is 0 Å². The Kier molecular flexibility index (Phi) is 4.01. The predicted molar refractivity (Wildman–Crippen MR) is 83.1 cm³/mol. The van der Waals surface area contributed by atoms with Gasteiger partial charge in [-0.15, -0.1) is 11.8 Å². The number of carbonyl (C=O) groups excluding carboxylic acids is 1. The molecule has 5 heteroatoms. The van der Waals surface area contributed by atoms with Gasteiger partial charge in [0.15, 0.2) is 6.61 Å². The molecule has 4 nitrogen and oxygen atoms in total. The third-order valence-electron chi connectivity index (χ3n) is 3.15. The van der Waals surface area contributed by atoms with Crippen LogP contribution in [0.25, 0.3) is 0 Å². The van der Waals surface area contributed by atoms with Crippen molar-refractivity contribution >= 4 is 23.4 Å². The fourth-order valence-electron chi connectivity index (χ4n) is 2.03. The van der Waals surface area contributed by atoms with E-state index in [0.717, 1.165) is 27.8 Å². The Morgan fingerprint density at radius 2 is 2.05 bits per heavy atom. The van der Waals surface area contributed by atoms with E-state index < -0.39 is 0 Å². The number of thioether (sulfide) groups is 1. The van der Waals surface area contributed by atoms with Gasteiger partial charge >= 0.3 is 0 Å². The fourth-order valence-corrected chi connectivity index (χ4v) is 2.91. The number of hydrogen-bond donors (Lipinski definition) is 1. The van der Waals surface area contributed by atoms with E-state index in [1.165, 1.54) is 5.56 Å². The molecule has 0 spiro atoms. The van der Waals surface area contributed by atoms with Crippen molar-refractivity contribution in [2.75, 3.05) is 19.0 Å². The van der Waals surface area contributed by atoms with Crippen LogP contribution >= 0.6 is 11.8 Å². The van der Waals surface area contributed by atoms with Gasteiger partial charge in [-0.2, -0.15) is 0 Å². The maximum absolute atomic E-state index is 11.2. The molecule has 0 atom stereocenters. The van der Waals surface area contributed by atoms with Gasteiger partial charge in [0.25, 0.3) is 5.91 Å². The molecule has 0 aliphatic carbocycles. The summed E-state index contributed by atoms with van der Waals surface area (Å²) in [6, 6.07) is 13.9. The van der Waals surface area contributed by atoms with Gasteiger partial charge in [0.1, 0.15) is 11.5 Å². The second kappa shape index (κ2) is 6.10. The summed E-state index contributed by atoms with van der Waals surface area (Å²) in [5.41, 5.74) is 1.97. The lowest BCUT2D eigenvalue weighted by Gasteiger charge is -2.18. The quantitative estimate of drug-likeness (QED) is 0.880. The van der Waals surface area contributed by atoms with E-state index >= 15 is 0 Å². The average Bonchev–Trinajstić information content (AvgIpc) is 2.53. The lowest BCUT2D eigenvalue weighted by molar-refractivity contribution is -0.118. The molecule has 1 heterocycles. The van der Waals surface area contributed by atoms with Gasteiger partial charge < -0.3 is 14.8 Å². The van der Waals surface area contributed by atoms with Crippen LogP contribution in [0.2, 0.25) is 0 Å². The number of methoxy groups -OCH3 is 1. The molecule has 2 aromatic carbocycles.